The molecule has 0 spiro atoms. The Bertz CT molecular complexity index is 921. The lowest BCUT2D eigenvalue weighted by atomic mass is 10.2. The zero-order chi connectivity index (χ0) is 19.3. The maximum Gasteiger partial charge on any atom is 0.319 e. The predicted octanol–water partition coefficient (Wildman–Crippen LogP) is 3.47. The summed E-state index contributed by atoms with van der Waals surface area (Å²) in [4.78, 5) is 12.3. The third-order valence-electron chi connectivity index (χ3n) is 4.51. The molecule has 28 heavy (non-hydrogen) atoms. The summed E-state index contributed by atoms with van der Waals surface area (Å²) in [6, 6.07) is 17.0. The summed E-state index contributed by atoms with van der Waals surface area (Å²) < 4.78 is 7.55. The Balaban J connectivity index is 1.28. The summed E-state index contributed by atoms with van der Waals surface area (Å²) in [5, 5.41) is 17.5. The quantitative estimate of drug-likeness (QED) is 0.656. The van der Waals surface area contributed by atoms with Gasteiger partial charge in [0.2, 0.25) is 0 Å². The Morgan fingerprint density at radius 2 is 1.93 bits per heavy atom. The summed E-state index contributed by atoms with van der Waals surface area (Å²) in [5.74, 6) is 1.41. The van der Waals surface area contributed by atoms with Crippen molar-refractivity contribution in [2.75, 3.05) is 5.32 Å². The molecular formula is C20H22N6O2. The lowest BCUT2D eigenvalue weighted by molar-refractivity contribution is 0.248. The SMILES string of the molecule is C[C@@H](NC(=O)Nc1ccc(OCc2ccccc2)cc1)c1nnnn1C1CC1. The van der Waals surface area contributed by atoms with Gasteiger partial charge in [-0.1, -0.05) is 30.3 Å². The van der Waals surface area contributed by atoms with Gasteiger partial charge in [0.15, 0.2) is 5.82 Å². The highest BCUT2D eigenvalue weighted by Crippen LogP contribution is 2.35. The van der Waals surface area contributed by atoms with Crippen molar-refractivity contribution >= 4 is 11.7 Å². The molecule has 144 valence electrons. The van der Waals surface area contributed by atoms with Crippen LogP contribution in [0.5, 0.6) is 5.75 Å². The van der Waals surface area contributed by atoms with Crippen LogP contribution in [0.15, 0.2) is 54.6 Å². The van der Waals surface area contributed by atoms with Gasteiger partial charge in [-0.15, -0.1) is 5.10 Å². The molecule has 1 atom stereocenters. The van der Waals surface area contributed by atoms with Gasteiger partial charge in [0.25, 0.3) is 0 Å². The monoisotopic (exact) mass is 378 g/mol. The van der Waals surface area contributed by atoms with Crippen molar-refractivity contribution in [2.24, 2.45) is 0 Å². The number of amides is 2. The molecule has 0 aliphatic heterocycles. The summed E-state index contributed by atoms with van der Waals surface area (Å²) in [6.07, 6.45) is 2.16. The molecule has 4 rings (SSSR count). The van der Waals surface area contributed by atoms with E-state index in [1.54, 1.807) is 16.8 Å². The highest BCUT2D eigenvalue weighted by Gasteiger charge is 2.29. The maximum atomic E-state index is 12.3. The first kappa shape index (κ1) is 18.0. The first-order chi connectivity index (χ1) is 13.7. The van der Waals surface area contributed by atoms with Gasteiger partial charge >= 0.3 is 6.03 Å². The number of rotatable bonds is 7. The largest absolute Gasteiger partial charge is 0.489 e. The van der Waals surface area contributed by atoms with E-state index in [0.29, 0.717) is 24.2 Å². The number of benzene rings is 2. The number of urea groups is 1. The van der Waals surface area contributed by atoms with Crippen molar-refractivity contribution in [3.63, 3.8) is 0 Å². The Hall–Kier alpha value is -3.42. The standard InChI is InChI=1S/C20H22N6O2/c1-14(19-23-24-25-26(19)17-9-10-17)21-20(27)22-16-7-11-18(12-8-16)28-13-15-5-3-2-4-6-15/h2-8,11-12,14,17H,9-10,13H2,1H3,(H2,21,22,27)/t14-/m1/s1. The van der Waals surface area contributed by atoms with Crippen LogP contribution >= 0.6 is 0 Å². The molecule has 0 saturated heterocycles. The molecule has 1 saturated carbocycles. The number of ether oxygens (including phenoxy) is 1. The normalized spacial score (nSPS) is 14.3. The molecule has 2 N–H and O–H groups in total. The van der Waals surface area contributed by atoms with E-state index in [2.05, 4.69) is 26.2 Å². The number of nitrogens with zero attached hydrogens (tertiary/aromatic N) is 4. The van der Waals surface area contributed by atoms with Crippen molar-refractivity contribution < 1.29 is 9.53 Å². The third-order valence-corrected chi connectivity index (χ3v) is 4.51. The summed E-state index contributed by atoms with van der Waals surface area (Å²) >= 11 is 0. The second kappa shape index (κ2) is 8.08. The molecule has 1 heterocycles. The van der Waals surface area contributed by atoms with Gasteiger partial charge in [-0.3, -0.25) is 0 Å². The number of anilines is 1. The van der Waals surface area contributed by atoms with E-state index < -0.39 is 0 Å². The number of tetrazole rings is 1. The number of carbonyl (C=O) groups excluding carboxylic acids is 1. The van der Waals surface area contributed by atoms with Crippen LogP contribution in [0.1, 0.15) is 43.2 Å². The number of hydrogen-bond donors (Lipinski definition) is 2. The van der Waals surface area contributed by atoms with Crippen molar-refractivity contribution in [1.82, 2.24) is 25.5 Å². The van der Waals surface area contributed by atoms with Gasteiger partial charge in [0, 0.05) is 5.69 Å². The van der Waals surface area contributed by atoms with Crippen LogP contribution in [0.25, 0.3) is 0 Å². The van der Waals surface area contributed by atoms with Crippen LogP contribution in [-0.4, -0.2) is 26.2 Å². The van der Waals surface area contributed by atoms with Crippen LogP contribution in [0.4, 0.5) is 10.5 Å². The van der Waals surface area contributed by atoms with E-state index in [0.717, 1.165) is 24.2 Å². The van der Waals surface area contributed by atoms with E-state index in [1.807, 2.05) is 49.4 Å². The Kier molecular flexibility index (Phi) is 5.18. The maximum absolute atomic E-state index is 12.3. The Labute approximate surface area is 162 Å². The van der Waals surface area contributed by atoms with E-state index in [1.165, 1.54) is 0 Å². The first-order valence-electron chi connectivity index (χ1n) is 9.31. The minimum atomic E-state index is -0.309. The van der Waals surface area contributed by atoms with E-state index >= 15 is 0 Å². The number of aromatic nitrogens is 4. The summed E-state index contributed by atoms with van der Waals surface area (Å²) in [6.45, 7) is 2.37. The molecule has 1 aliphatic rings. The van der Waals surface area contributed by atoms with E-state index in [-0.39, 0.29) is 12.1 Å². The third kappa shape index (κ3) is 4.46. The van der Waals surface area contributed by atoms with Crippen LogP contribution in [0.2, 0.25) is 0 Å². The van der Waals surface area contributed by atoms with Gasteiger partial charge in [-0.05, 0) is 60.0 Å². The topological polar surface area (TPSA) is 94.0 Å². The molecule has 1 aliphatic carbocycles. The molecular weight excluding hydrogens is 356 g/mol. The minimum Gasteiger partial charge on any atom is -0.489 e. The predicted molar refractivity (Wildman–Crippen MR) is 104 cm³/mol. The van der Waals surface area contributed by atoms with Gasteiger partial charge in [-0.2, -0.15) is 0 Å². The van der Waals surface area contributed by atoms with Crippen LogP contribution in [-0.2, 0) is 6.61 Å². The minimum absolute atomic E-state index is 0.288. The molecule has 1 aromatic heterocycles. The second-order valence-electron chi connectivity index (χ2n) is 6.83. The number of hydrogen-bond acceptors (Lipinski definition) is 5. The smallest absolute Gasteiger partial charge is 0.319 e. The van der Waals surface area contributed by atoms with Gasteiger partial charge in [0.05, 0.1) is 12.1 Å². The summed E-state index contributed by atoms with van der Waals surface area (Å²) in [7, 11) is 0. The van der Waals surface area contributed by atoms with E-state index in [9.17, 15) is 4.79 Å². The fourth-order valence-corrected chi connectivity index (χ4v) is 2.87. The molecule has 3 aromatic rings. The molecule has 8 heteroatoms. The van der Waals surface area contributed by atoms with Gasteiger partial charge in [0.1, 0.15) is 12.4 Å². The molecule has 0 unspecified atom stereocenters. The summed E-state index contributed by atoms with van der Waals surface area (Å²) in [5.41, 5.74) is 1.78. The second-order valence-corrected chi connectivity index (χ2v) is 6.83. The molecule has 2 aromatic carbocycles. The van der Waals surface area contributed by atoms with Gasteiger partial charge < -0.3 is 15.4 Å². The molecule has 1 fully saturated rings. The average Bonchev–Trinajstić information content (AvgIpc) is 3.44. The number of carbonyl (C=O) groups is 1. The fourth-order valence-electron chi connectivity index (χ4n) is 2.87. The highest BCUT2D eigenvalue weighted by molar-refractivity contribution is 5.89. The first-order valence-corrected chi connectivity index (χ1v) is 9.31. The van der Waals surface area contributed by atoms with Crippen molar-refractivity contribution in [2.45, 2.75) is 38.5 Å². The Morgan fingerprint density at radius 1 is 1.18 bits per heavy atom. The van der Waals surface area contributed by atoms with Crippen molar-refractivity contribution in [3.8, 4) is 5.75 Å². The zero-order valence-electron chi connectivity index (χ0n) is 15.6. The van der Waals surface area contributed by atoms with Crippen LogP contribution in [0, 0.1) is 0 Å². The molecule has 8 nitrogen and oxygen atoms in total. The molecule has 0 bridgehead atoms. The van der Waals surface area contributed by atoms with Crippen LogP contribution < -0.4 is 15.4 Å². The molecule has 2 amide bonds. The van der Waals surface area contributed by atoms with Crippen LogP contribution in [0.3, 0.4) is 0 Å². The highest BCUT2D eigenvalue weighted by atomic mass is 16.5. The Morgan fingerprint density at radius 3 is 2.64 bits per heavy atom. The number of nitrogens with one attached hydrogen (secondary N) is 2. The van der Waals surface area contributed by atoms with Crippen molar-refractivity contribution in [1.29, 1.82) is 0 Å². The fraction of sp³-hybridized carbons (Fsp3) is 0.300. The lowest BCUT2D eigenvalue weighted by Crippen LogP contribution is -2.32. The van der Waals surface area contributed by atoms with Crippen molar-refractivity contribution in [3.05, 3.63) is 66.0 Å². The lowest BCUT2D eigenvalue weighted by Gasteiger charge is -2.14. The zero-order valence-corrected chi connectivity index (χ0v) is 15.6. The van der Waals surface area contributed by atoms with E-state index in [4.69, 9.17) is 4.74 Å². The average molecular weight is 378 g/mol. The van der Waals surface area contributed by atoms with Gasteiger partial charge in [-0.25, -0.2) is 9.48 Å². The molecule has 0 radical (unpaired) electrons.